The Bertz CT molecular complexity index is 902. The first-order valence-electron chi connectivity index (χ1n) is 10.9. The fourth-order valence-corrected chi connectivity index (χ4v) is 3.10. The molecule has 0 aliphatic heterocycles. The third-order valence-electron chi connectivity index (χ3n) is 5.03. The summed E-state index contributed by atoms with van der Waals surface area (Å²) in [6.07, 6.45) is 0.855. The normalized spacial score (nSPS) is 11.6. The maximum atomic E-state index is 12.9. The molecule has 0 aliphatic rings. The molecule has 0 heterocycles. The van der Waals surface area contributed by atoms with Crippen LogP contribution in [0.3, 0.4) is 0 Å². The van der Waals surface area contributed by atoms with Crippen LogP contribution in [-0.4, -0.2) is 52.7 Å². The van der Waals surface area contributed by atoms with Crippen LogP contribution in [-0.2, 0) is 22.6 Å². The summed E-state index contributed by atoms with van der Waals surface area (Å²) in [6.45, 7) is 4.51. The van der Waals surface area contributed by atoms with Gasteiger partial charge in [0.25, 0.3) is 5.69 Å². The van der Waals surface area contributed by atoms with Crippen molar-refractivity contribution in [2.45, 2.75) is 39.3 Å². The van der Waals surface area contributed by atoms with Gasteiger partial charge in [-0.25, -0.2) is 9.59 Å². The smallest absolute Gasteiger partial charge is 0.329 e. The van der Waals surface area contributed by atoms with Crippen LogP contribution < -0.4 is 5.32 Å². The highest BCUT2D eigenvalue weighted by Gasteiger charge is 2.26. The molecule has 2 amide bonds. The lowest BCUT2D eigenvalue weighted by Gasteiger charge is -2.26. The Balaban J connectivity index is 2.14. The lowest BCUT2D eigenvalue weighted by Crippen LogP contribution is -2.50. The Morgan fingerprint density at radius 1 is 1.06 bits per heavy atom. The fraction of sp³-hybridized carbons (Fsp3) is 0.417. The number of rotatable bonds is 12. The Morgan fingerprint density at radius 3 is 2.30 bits per heavy atom. The van der Waals surface area contributed by atoms with Gasteiger partial charge >= 0.3 is 12.0 Å². The monoisotopic (exact) mass is 457 g/mol. The fourth-order valence-electron chi connectivity index (χ4n) is 3.10. The zero-order valence-corrected chi connectivity index (χ0v) is 19.0. The number of nitro benzene ring substituents is 1. The Hall–Kier alpha value is -3.46. The maximum absolute atomic E-state index is 12.9. The molecular weight excluding hydrogens is 426 g/mol. The number of nitro groups is 1. The summed E-state index contributed by atoms with van der Waals surface area (Å²) in [5.41, 5.74) is 1.39. The second-order valence-corrected chi connectivity index (χ2v) is 8.12. The summed E-state index contributed by atoms with van der Waals surface area (Å²) in [6, 6.07) is 13.5. The van der Waals surface area contributed by atoms with Crippen LogP contribution >= 0.6 is 0 Å². The highest BCUT2D eigenvalue weighted by molar-refractivity contribution is 5.84. The molecule has 2 N–H and O–H groups in total. The van der Waals surface area contributed by atoms with E-state index < -0.39 is 23.0 Å². The largest absolute Gasteiger partial charge is 0.459 e. The molecule has 0 fully saturated rings. The summed E-state index contributed by atoms with van der Waals surface area (Å²) in [7, 11) is 0. The second-order valence-electron chi connectivity index (χ2n) is 8.12. The van der Waals surface area contributed by atoms with E-state index in [2.05, 4.69) is 5.32 Å². The van der Waals surface area contributed by atoms with Gasteiger partial charge in [-0.3, -0.25) is 10.1 Å². The van der Waals surface area contributed by atoms with Crippen molar-refractivity contribution in [1.29, 1.82) is 0 Å². The molecule has 1 atom stereocenters. The van der Waals surface area contributed by atoms with Gasteiger partial charge < -0.3 is 20.1 Å². The molecule has 178 valence electrons. The molecule has 2 rings (SSSR count). The summed E-state index contributed by atoms with van der Waals surface area (Å²) < 4.78 is 5.43. The number of esters is 1. The number of urea groups is 1. The van der Waals surface area contributed by atoms with Crippen LogP contribution in [0.2, 0.25) is 0 Å². The van der Waals surface area contributed by atoms with Crippen molar-refractivity contribution in [1.82, 2.24) is 10.2 Å². The van der Waals surface area contributed by atoms with Crippen LogP contribution in [0.15, 0.2) is 54.6 Å². The van der Waals surface area contributed by atoms with E-state index in [-0.39, 0.29) is 31.9 Å². The second kappa shape index (κ2) is 13.2. The molecule has 0 bridgehead atoms. The number of non-ortho nitro benzene ring substituents is 1. The standard InChI is InChI=1S/C24H31N3O6/c1-18(2)12-13-26(14-15-28)24(30)25-22(16-19-8-10-21(11-9-19)27(31)32)23(29)33-17-20-6-4-3-5-7-20/h3-11,18,22,28H,12-17H2,1-2H3,(H,25,30)/t22-/m0/s1. The lowest BCUT2D eigenvalue weighted by atomic mass is 10.1. The lowest BCUT2D eigenvalue weighted by molar-refractivity contribution is -0.384. The SMILES string of the molecule is CC(C)CCN(CCO)C(=O)N[C@@H](Cc1ccc([N+](=O)[O-])cc1)C(=O)OCc1ccccc1. The van der Waals surface area contributed by atoms with Crippen molar-refractivity contribution in [3.05, 3.63) is 75.8 Å². The minimum absolute atomic E-state index is 0.0556. The number of aliphatic hydroxyl groups is 1. The third kappa shape index (κ3) is 8.89. The molecule has 0 spiro atoms. The highest BCUT2D eigenvalue weighted by Crippen LogP contribution is 2.14. The van der Waals surface area contributed by atoms with Gasteiger partial charge in [-0.05, 0) is 23.5 Å². The number of nitrogens with zero attached hydrogens (tertiary/aromatic N) is 2. The predicted molar refractivity (Wildman–Crippen MR) is 123 cm³/mol. The first kappa shape index (κ1) is 25.8. The first-order valence-corrected chi connectivity index (χ1v) is 10.9. The van der Waals surface area contributed by atoms with Crippen LogP contribution in [0.5, 0.6) is 0 Å². The average Bonchev–Trinajstić information content (AvgIpc) is 2.80. The minimum Gasteiger partial charge on any atom is -0.459 e. The van der Waals surface area contributed by atoms with E-state index in [0.29, 0.717) is 18.0 Å². The molecule has 0 unspecified atom stereocenters. The molecule has 33 heavy (non-hydrogen) atoms. The molecule has 0 aromatic heterocycles. The summed E-state index contributed by atoms with van der Waals surface area (Å²) in [5.74, 6) is -0.246. The molecule has 2 aromatic rings. The van der Waals surface area contributed by atoms with Gasteiger partial charge in [0.2, 0.25) is 0 Å². The van der Waals surface area contributed by atoms with Crippen molar-refractivity contribution in [3.8, 4) is 0 Å². The van der Waals surface area contributed by atoms with Crippen LogP contribution in [0.4, 0.5) is 10.5 Å². The predicted octanol–water partition coefficient (Wildman–Crippen LogP) is 3.30. The number of carbonyl (C=O) groups is 2. The van der Waals surface area contributed by atoms with Crippen molar-refractivity contribution in [3.63, 3.8) is 0 Å². The molecule has 9 heteroatoms. The third-order valence-corrected chi connectivity index (χ3v) is 5.03. The van der Waals surface area contributed by atoms with Gasteiger partial charge in [0.05, 0.1) is 11.5 Å². The number of aliphatic hydroxyl groups excluding tert-OH is 1. The first-order chi connectivity index (χ1) is 15.8. The van der Waals surface area contributed by atoms with E-state index in [1.807, 2.05) is 44.2 Å². The van der Waals surface area contributed by atoms with E-state index in [1.165, 1.54) is 17.0 Å². The number of benzene rings is 2. The number of hydrogen-bond acceptors (Lipinski definition) is 6. The van der Waals surface area contributed by atoms with E-state index in [1.54, 1.807) is 12.1 Å². The van der Waals surface area contributed by atoms with Crippen molar-refractivity contribution < 1.29 is 24.4 Å². The summed E-state index contributed by atoms with van der Waals surface area (Å²) in [5, 5.41) is 23.0. The quantitative estimate of drug-likeness (QED) is 0.286. The number of nitrogens with one attached hydrogen (secondary N) is 1. The minimum atomic E-state index is -0.997. The average molecular weight is 458 g/mol. The molecule has 0 aliphatic carbocycles. The van der Waals surface area contributed by atoms with Gasteiger partial charge in [-0.1, -0.05) is 56.3 Å². The van der Waals surface area contributed by atoms with Gasteiger partial charge in [-0.2, -0.15) is 0 Å². The van der Waals surface area contributed by atoms with Gasteiger partial charge in [0, 0.05) is 31.6 Å². The highest BCUT2D eigenvalue weighted by atomic mass is 16.6. The Kier molecular flexibility index (Phi) is 10.3. The Morgan fingerprint density at radius 2 is 1.73 bits per heavy atom. The Labute approximate surface area is 193 Å². The zero-order chi connectivity index (χ0) is 24.2. The van der Waals surface area contributed by atoms with Gasteiger partial charge in [0.1, 0.15) is 12.6 Å². The van der Waals surface area contributed by atoms with Crippen molar-refractivity contribution in [2.75, 3.05) is 19.7 Å². The number of hydrogen-bond donors (Lipinski definition) is 2. The topological polar surface area (TPSA) is 122 Å². The van der Waals surface area contributed by atoms with Crippen molar-refractivity contribution in [2.24, 2.45) is 5.92 Å². The molecule has 2 aromatic carbocycles. The van der Waals surface area contributed by atoms with E-state index in [0.717, 1.165) is 12.0 Å². The molecule has 0 saturated carbocycles. The van der Waals surface area contributed by atoms with Crippen LogP contribution in [0, 0.1) is 16.0 Å². The number of ether oxygens (including phenoxy) is 1. The maximum Gasteiger partial charge on any atom is 0.329 e. The summed E-state index contributed by atoms with van der Waals surface area (Å²) >= 11 is 0. The summed E-state index contributed by atoms with van der Waals surface area (Å²) in [4.78, 5) is 37.6. The molecular formula is C24H31N3O6. The molecule has 9 nitrogen and oxygen atoms in total. The van der Waals surface area contributed by atoms with E-state index in [9.17, 15) is 24.8 Å². The van der Waals surface area contributed by atoms with E-state index >= 15 is 0 Å². The van der Waals surface area contributed by atoms with Gasteiger partial charge in [0.15, 0.2) is 0 Å². The zero-order valence-electron chi connectivity index (χ0n) is 19.0. The van der Waals surface area contributed by atoms with Gasteiger partial charge in [-0.15, -0.1) is 0 Å². The molecule has 0 radical (unpaired) electrons. The van der Waals surface area contributed by atoms with Crippen molar-refractivity contribution >= 4 is 17.7 Å². The van der Waals surface area contributed by atoms with Crippen LogP contribution in [0.1, 0.15) is 31.4 Å². The molecule has 0 saturated heterocycles. The van der Waals surface area contributed by atoms with Crippen LogP contribution in [0.25, 0.3) is 0 Å². The van der Waals surface area contributed by atoms with E-state index in [4.69, 9.17) is 4.74 Å². The number of amides is 2. The number of carbonyl (C=O) groups excluding carboxylic acids is 2.